The molecule has 0 aromatic heterocycles. The van der Waals surface area contributed by atoms with Crippen LogP contribution in [-0.4, -0.2) is 47.1 Å². The van der Waals surface area contributed by atoms with E-state index in [1.807, 2.05) is 55.4 Å². The van der Waals surface area contributed by atoms with Crippen molar-refractivity contribution in [2.45, 2.75) is 106 Å². The summed E-state index contributed by atoms with van der Waals surface area (Å²) in [6.07, 6.45) is 0.792. The molecule has 0 aliphatic rings. The van der Waals surface area contributed by atoms with Crippen molar-refractivity contribution in [3.8, 4) is 0 Å². The van der Waals surface area contributed by atoms with Gasteiger partial charge in [-0.05, 0) is 43.4 Å². The van der Waals surface area contributed by atoms with Crippen LogP contribution in [0.4, 0.5) is 0 Å². The third kappa shape index (κ3) is 11.5. The third-order valence-corrected chi connectivity index (χ3v) is 4.83. The Labute approximate surface area is 183 Å². The molecule has 7 heteroatoms. The highest BCUT2D eigenvalue weighted by Gasteiger charge is 2.31. The average Bonchev–Trinajstić information content (AvgIpc) is 2.56. The summed E-state index contributed by atoms with van der Waals surface area (Å²) >= 11 is 0. The van der Waals surface area contributed by atoms with Crippen LogP contribution in [0.3, 0.4) is 0 Å². The first-order valence-electron chi connectivity index (χ1n) is 11.3. The van der Waals surface area contributed by atoms with Crippen molar-refractivity contribution in [3.05, 3.63) is 0 Å². The molecule has 0 rings (SSSR count). The fourth-order valence-electron chi connectivity index (χ4n) is 3.27. The lowest BCUT2D eigenvalue weighted by Gasteiger charge is -2.29. The Morgan fingerprint density at radius 3 is 1.63 bits per heavy atom. The summed E-state index contributed by atoms with van der Waals surface area (Å²) in [5.74, 6) is -0.272. The molecule has 0 bridgehead atoms. The third-order valence-electron chi connectivity index (χ3n) is 4.83. The van der Waals surface area contributed by atoms with Crippen molar-refractivity contribution >= 4 is 17.7 Å². The van der Waals surface area contributed by atoms with Crippen LogP contribution in [-0.2, 0) is 14.4 Å². The van der Waals surface area contributed by atoms with Crippen LogP contribution in [0, 0.1) is 23.7 Å². The smallest absolute Gasteiger partial charge is 0.243 e. The van der Waals surface area contributed by atoms with Gasteiger partial charge in [0.2, 0.25) is 17.7 Å². The van der Waals surface area contributed by atoms with E-state index in [1.54, 1.807) is 6.92 Å². The fourth-order valence-corrected chi connectivity index (χ4v) is 3.27. The first kappa shape index (κ1) is 28.4. The Hall–Kier alpha value is -1.63. The summed E-state index contributed by atoms with van der Waals surface area (Å²) in [6, 6.07) is -1.82. The number of carbonyl (C=O) groups excluding carboxylic acids is 3. The molecule has 0 spiro atoms. The largest absolute Gasteiger partial charge is 0.391 e. The summed E-state index contributed by atoms with van der Waals surface area (Å²) in [6.45, 7) is 17.3. The van der Waals surface area contributed by atoms with Gasteiger partial charge in [0.15, 0.2) is 0 Å². The van der Waals surface area contributed by atoms with Crippen LogP contribution in [0.1, 0.15) is 81.6 Å². The van der Waals surface area contributed by atoms with Gasteiger partial charge in [-0.25, -0.2) is 0 Å². The molecule has 30 heavy (non-hydrogen) atoms. The van der Waals surface area contributed by atoms with Crippen molar-refractivity contribution < 1.29 is 19.5 Å². The molecular formula is C23H45N3O4. The van der Waals surface area contributed by atoms with Crippen molar-refractivity contribution in [1.82, 2.24) is 16.0 Å². The first-order valence-corrected chi connectivity index (χ1v) is 11.3. The number of amides is 3. The normalized spacial score (nSPS) is 15.8. The summed E-state index contributed by atoms with van der Waals surface area (Å²) in [7, 11) is 0. The van der Waals surface area contributed by atoms with Gasteiger partial charge in [0.1, 0.15) is 12.1 Å². The predicted octanol–water partition coefficient (Wildman–Crippen LogP) is 2.62. The van der Waals surface area contributed by atoms with Crippen LogP contribution >= 0.6 is 0 Å². The maximum absolute atomic E-state index is 13.0. The van der Waals surface area contributed by atoms with Crippen LogP contribution in [0.5, 0.6) is 0 Å². The van der Waals surface area contributed by atoms with E-state index in [9.17, 15) is 19.5 Å². The van der Waals surface area contributed by atoms with Crippen molar-refractivity contribution in [1.29, 1.82) is 0 Å². The highest BCUT2D eigenvalue weighted by atomic mass is 16.3. The quantitative estimate of drug-likeness (QED) is 0.362. The number of rotatable bonds is 13. The van der Waals surface area contributed by atoms with E-state index in [-0.39, 0.29) is 41.5 Å². The Morgan fingerprint density at radius 2 is 1.23 bits per heavy atom. The zero-order chi connectivity index (χ0) is 23.6. The molecule has 0 fully saturated rings. The minimum atomic E-state index is -0.748. The van der Waals surface area contributed by atoms with Gasteiger partial charge >= 0.3 is 0 Å². The van der Waals surface area contributed by atoms with Gasteiger partial charge in [0, 0.05) is 6.42 Å². The maximum atomic E-state index is 13.0. The maximum Gasteiger partial charge on any atom is 0.243 e. The molecule has 0 saturated carbocycles. The molecule has 4 N–H and O–H groups in total. The Kier molecular flexibility index (Phi) is 12.9. The molecule has 0 saturated heterocycles. The van der Waals surface area contributed by atoms with Crippen molar-refractivity contribution in [3.63, 3.8) is 0 Å². The molecule has 3 amide bonds. The molecule has 0 aromatic carbocycles. The second-order valence-electron chi connectivity index (χ2n) is 10.1. The molecular weight excluding hydrogens is 382 g/mol. The second kappa shape index (κ2) is 13.6. The van der Waals surface area contributed by atoms with E-state index < -0.39 is 18.2 Å². The fraction of sp³-hybridized carbons (Fsp3) is 0.870. The predicted molar refractivity (Wildman–Crippen MR) is 121 cm³/mol. The Morgan fingerprint density at radius 1 is 0.700 bits per heavy atom. The minimum absolute atomic E-state index is 0.145. The Balaban J connectivity index is 5.31. The molecule has 7 nitrogen and oxygen atoms in total. The molecule has 0 aromatic rings. The lowest BCUT2D eigenvalue weighted by molar-refractivity contribution is -0.133. The Bertz CT molecular complexity index is 545. The second-order valence-corrected chi connectivity index (χ2v) is 10.1. The van der Waals surface area contributed by atoms with E-state index >= 15 is 0 Å². The monoisotopic (exact) mass is 427 g/mol. The van der Waals surface area contributed by atoms with E-state index in [4.69, 9.17) is 0 Å². The molecule has 4 atom stereocenters. The molecule has 0 radical (unpaired) electrons. The molecule has 0 heterocycles. The zero-order valence-electron chi connectivity index (χ0n) is 20.4. The van der Waals surface area contributed by atoms with E-state index in [1.165, 1.54) is 0 Å². The number of aliphatic hydroxyl groups excluding tert-OH is 1. The minimum Gasteiger partial charge on any atom is -0.391 e. The lowest BCUT2D eigenvalue weighted by Crippen LogP contribution is -2.58. The summed E-state index contributed by atoms with van der Waals surface area (Å²) in [5.41, 5.74) is 0. The lowest BCUT2D eigenvalue weighted by atomic mass is 9.97. The highest BCUT2D eigenvalue weighted by molar-refractivity contribution is 5.92. The van der Waals surface area contributed by atoms with Gasteiger partial charge in [0.25, 0.3) is 0 Å². The van der Waals surface area contributed by atoms with Gasteiger partial charge in [0.05, 0.1) is 12.1 Å². The van der Waals surface area contributed by atoms with Gasteiger partial charge in [-0.15, -0.1) is 0 Å². The van der Waals surface area contributed by atoms with Crippen LogP contribution < -0.4 is 16.0 Å². The average molecular weight is 428 g/mol. The highest BCUT2D eigenvalue weighted by Crippen LogP contribution is 2.12. The summed E-state index contributed by atoms with van der Waals surface area (Å²) in [5, 5.41) is 18.6. The van der Waals surface area contributed by atoms with E-state index in [2.05, 4.69) is 16.0 Å². The molecule has 0 aliphatic heterocycles. The number of hydrogen-bond acceptors (Lipinski definition) is 4. The molecule has 0 aliphatic carbocycles. The first-order chi connectivity index (χ1) is 13.7. The van der Waals surface area contributed by atoms with E-state index in [0.29, 0.717) is 25.2 Å². The molecule has 0 unspecified atom stereocenters. The van der Waals surface area contributed by atoms with Crippen molar-refractivity contribution in [2.24, 2.45) is 23.7 Å². The number of nitrogens with one attached hydrogen (secondary N) is 3. The van der Waals surface area contributed by atoms with E-state index in [0.717, 1.165) is 0 Å². The summed E-state index contributed by atoms with van der Waals surface area (Å²) in [4.78, 5) is 38.1. The van der Waals surface area contributed by atoms with Crippen LogP contribution in [0.25, 0.3) is 0 Å². The number of carbonyl (C=O) groups is 3. The van der Waals surface area contributed by atoms with Crippen LogP contribution in [0.15, 0.2) is 0 Å². The van der Waals surface area contributed by atoms with Crippen molar-refractivity contribution in [2.75, 3.05) is 0 Å². The van der Waals surface area contributed by atoms with Gasteiger partial charge in [-0.2, -0.15) is 0 Å². The standard InChI is InChI=1S/C23H45N3O4/c1-13(2)10-18(17(9)27)25-23(30)21(16(7)8)26-22(29)19(11-14(3)4)24-20(28)12-15(5)6/h13-19,21,27H,10-12H2,1-9H3,(H,24,28)(H,25,30)(H,26,29)/t17-,18-,19-,21-/m0/s1. The number of hydrogen-bond donors (Lipinski definition) is 4. The van der Waals surface area contributed by atoms with Gasteiger partial charge in [-0.1, -0.05) is 55.4 Å². The topological polar surface area (TPSA) is 108 Å². The number of aliphatic hydroxyl groups is 1. The summed E-state index contributed by atoms with van der Waals surface area (Å²) < 4.78 is 0. The molecule has 176 valence electrons. The zero-order valence-corrected chi connectivity index (χ0v) is 20.4. The SMILES string of the molecule is CC(C)CC(=O)N[C@@H](CC(C)C)C(=O)N[C@H](C(=O)N[C@@H](CC(C)C)[C@H](C)O)C(C)C. The van der Waals surface area contributed by atoms with Gasteiger partial charge in [-0.3, -0.25) is 14.4 Å². The van der Waals surface area contributed by atoms with Crippen LogP contribution in [0.2, 0.25) is 0 Å². The van der Waals surface area contributed by atoms with Gasteiger partial charge < -0.3 is 21.1 Å².